The number of hydrogen-bond acceptors (Lipinski definition) is 3. The highest BCUT2D eigenvalue weighted by Crippen LogP contribution is 2.15. The van der Waals surface area contributed by atoms with E-state index in [2.05, 4.69) is 13.8 Å². The molecule has 0 aliphatic rings. The fraction of sp³-hybridized carbons (Fsp3) is 1.00. The SMILES string of the molecule is CCC(C)CCCCCCCCCCCCO.O=S(=O)(O)O. The van der Waals surface area contributed by atoms with Crippen molar-refractivity contribution in [1.82, 2.24) is 0 Å². The molecule has 0 aliphatic carbocycles. The van der Waals surface area contributed by atoms with Crippen LogP contribution in [-0.4, -0.2) is 29.2 Å². The van der Waals surface area contributed by atoms with E-state index in [-0.39, 0.29) is 0 Å². The van der Waals surface area contributed by atoms with Crippen molar-refractivity contribution >= 4 is 10.4 Å². The summed E-state index contributed by atoms with van der Waals surface area (Å²) in [5, 5.41) is 8.65. The van der Waals surface area contributed by atoms with Gasteiger partial charge < -0.3 is 5.11 Å². The summed E-state index contributed by atoms with van der Waals surface area (Å²) in [6.45, 7) is 5.03. The van der Waals surface area contributed by atoms with Gasteiger partial charge in [0.25, 0.3) is 0 Å². The van der Waals surface area contributed by atoms with Crippen molar-refractivity contribution in [3.8, 4) is 0 Å². The molecule has 1 atom stereocenters. The van der Waals surface area contributed by atoms with E-state index in [1.54, 1.807) is 0 Å². The first-order valence-electron chi connectivity index (χ1n) is 8.62. The van der Waals surface area contributed by atoms with Crippen LogP contribution < -0.4 is 0 Å². The molecule has 0 saturated heterocycles. The van der Waals surface area contributed by atoms with Gasteiger partial charge in [-0.25, -0.2) is 0 Å². The Hall–Kier alpha value is -0.170. The highest BCUT2D eigenvalue weighted by Gasteiger charge is 1.98. The molecule has 0 heterocycles. The minimum atomic E-state index is -4.67. The molecule has 0 rings (SSSR count). The first kappa shape index (κ1) is 24.1. The first-order valence-corrected chi connectivity index (χ1v) is 10.0. The highest BCUT2D eigenvalue weighted by molar-refractivity contribution is 7.79. The van der Waals surface area contributed by atoms with E-state index >= 15 is 0 Å². The van der Waals surface area contributed by atoms with Crippen molar-refractivity contribution in [3.05, 3.63) is 0 Å². The van der Waals surface area contributed by atoms with Crippen LogP contribution in [0.15, 0.2) is 0 Å². The maximum Gasteiger partial charge on any atom is 0.394 e. The van der Waals surface area contributed by atoms with Crippen molar-refractivity contribution in [2.75, 3.05) is 6.61 Å². The lowest BCUT2D eigenvalue weighted by Gasteiger charge is -2.07. The molecule has 6 heteroatoms. The summed E-state index contributed by atoms with van der Waals surface area (Å²) in [7, 11) is -4.67. The van der Waals surface area contributed by atoms with Crippen molar-refractivity contribution in [2.24, 2.45) is 5.92 Å². The fourth-order valence-electron chi connectivity index (χ4n) is 2.22. The van der Waals surface area contributed by atoms with Gasteiger partial charge in [-0.15, -0.1) is 0 Å². The van der Waals surface area contributed by atoms with Crippen LogP contribution in [0.25, 0.3) is 0 Å². The molecule has 0 spiro atoms. The Kier molecular flexibility index (Phi) is 18.8. The lowest BCUT2D eigenvalue weighted by atomic mass is 9.99. The predicted octanol–water partition coefficient (Wildman–Crippen LogP) is 4.66. The van der Waals surface area contributed by atoms with Crippen molar-refractivity contribution < 1.29 is 22.6 Å². The lowest BCUT2D eigenvalue weighted by Crippen LogP contribution is -1.91. The van der Waals surface area contributed by atoms with Crippen LogP contribution in [-0.2, 0) is 10.4 Å². The molecule has 1 unspecified atom stereocenters. The van der Waals surface area contributed by atoms with Crippen LogP contribution in [0.3, 0.4) is 0 Å². The van der Waals surface area contributed by atoms with Gasteiger partial charge in [-0.05, 0) is 12.3 Å². The van der Waals surface area contributed by atoms with E-state index in [1.807, 2.05) is 0 Å². The van der Waals surface area contributed by atoms with E-state index in [9.17, 15) is 0 Å². The molecule has 0 radical (unpaired) electrons. The standard InChI is InChI=1S/C16H34O.H2O4S/c1-3-16(2)14-12-10-8-6-4-5-7-9-11-13-15-17;1-5(2,3)4/h16-17H,3-15H2,1-2H3;(H2,1,2,3,4). The molecule has 0 bridgehead atoms. The molecule has 0 saturated carbocycles. The number of unbranched alkanes of at least 4 members (excludes halogenated alkanes) is 9. The molecule has 0 fully saturated rings. The first-order chi connectivity index (χ1) is 10.3. The smallest absolute Gasteiger partial charge is 0.394 e. The maximum absolute atomic E-state index is 8.74. The van der Waals surface area contributed by atoms with Crippen LogP contribution in [0.4, 0.5) is 0 Å². The second-order valence-corrected chi connectivity index (χ2v) is 6.90. The largest absolute Gasteiger partial charge is 0.396 e. The van der Waals surface area contributed by atoms with Crippen LogP contribution in [0.2, 0.25) is 0 Å². The molecule has 3 N–H and O–H groups in total. The van der Waals surface area contributed by atoms with Gasteiger partial charge in [0, 0.05) is 6.61 Å². The molecule has 0 amide bonds. The summed E-state index contributed by atoms with van der Waals surface area (Å²) >= 11 is 0. The van der Waals surface area contributed by atoms with Crippen molar-refractivity contribution in [2.45, 2.75) is 90.9 Å². The van der Waals surface area contributed by atoms with Gasteiger partial charge in [-0.3, -0.25) is 9.11 Å². The Balaban J connectivity index is 0. The lowest BCUT2D eigenvalue weighted by molar-refractivity contribution is 0.282. The van der Waals surface area contributed by atoms with E-state index in [0.717, 1.165) is 12.3 Å². The predicted molar refractivity (Wildman–Crippen MR) is 91.5 cm³/mol. The zero-order valence-electron chi connectivity index (χ0n) is 14.3. The topological polar surface area (TPSA) is 94.8 Å². The zero-order chi connectivity index (χ0) is 17.3. The van der Waals surface area contributed by atoms with E-state index in [0.29, 0.717) is 6.61 Å². The second-order valence-electron chi connectivity index (χ2n) is 6.01. The van der Waals surface area contributed by atoms with Gasteiger partial charge in [0.1, 0.15) is 0 Å². The third kappa shape index (κ3) is 32.0. The van der Waals surface area contributed by atoms with Crippen molar-refractivity contribution in [3.63, 3.8) is 0 Å². The second kappa shape index (κ2) is 17.2. The average molecular weight is 341 g/mol. The van der Waals surface area contributed by atoms with Gasteiger partial charge >= 0.3 is 10.4 Å². The minimum absolute atomic E-state index is 0.371. The number of rotatable bonds is 13. The van der Waals surface area contributed by atoms with Gasteiger partial charge in [0.15, 0.2) is 0 Å². The Morgan fingerprint density at radius 3 is 1.41 bits per heavy atom. The van der Waals surface area contributed by atoms with Crippen molar-refractivity contribution in [1.29, 1.82) is 0 Å². The minimum Gasteiger partial charge on any atom is -0.396 e. The van der Waals surface area contributed by atoms with Gasteiger partial charge in [0.2, 0.25) is 0 Å². The molecule has 136 valence electrons. The molecule has 22 heavy (non-hydrogen) atoms. The summed E-state index contributed by atoms with van der Waals surface area (Å²) in [5.74, 6) is 0.932. The zero-order valence-corrected chi connectivity index (χ0v) is 15.2. The summed E-state index contributed by atoms with van der Waals surface area (Å²) in [4.78, 5) is 0. The molecular weight excluding hydrogens is 304 g/mol. The number of aliphatic hydroxyl groups is 1. The van der Waals surface area contributed by atoms with Gasteiger partial charge in [-0.2, -0.15) is 8.42 Å². The molecule has 0 aromatic carbocycles. The van der Waals surface area contributed by atoms with Gasteiger partial charge in [0.05, 0.1) is 0 Å². The fourth-order valence-corrected chi connectivity index (χ4v) is 2.22. The monoisotopic (exact) mass is 340 g/mol. The van der Waals surface area contributed by atoms with Crippen LogP contribution >= 0.6 is 0 Å². The maximum atomic E-state index is 8.74. The van der Waals surface area contributed by atoms with Gasteiger partial charge in [-0.1, -0.05) is 84.5 Å². The quantitative estimate of drug-likeness (QED) is 0.335. The number of hydrogen-bond donors (Lipinski definition) is 3. The van der Waals surface area contributed by atoms with E-state index < -0.39 is 10.4 Å². The Morgan fingerprint density at radius 2 is 1.09 bits per heavy atom. The van der Waals surface area contributed by atoms with E-state index in [1.165, 1.54) is 70.6 Å². The third-order valence-corrected chi connectivity index (χ3v) is 3.80. The molecule has 5 nitrogen and oxygen atoms in total. The van der Waals surface area contributed by atoms with E-state index in [4.69, 9.17) is 22.6 Å². The summed E-state index contributed by atoms with van der Waals surface area (Å²) in [6.07, 6.45) is 16.2. The Morgan fingerprint density at radius 1 is 0.773 bits per heavy atom. The highest BCUT2D eigenvalue weighted by atomic mass is 32.3. The number of aliphatic hydroxyl groups excluding tert-OH is 1. The summed E-state index contributed by atoms with van der Waals surface area (Å²) in [6, 6.07) is 0. The normalized spacial score (nSPS) is 12.6. The molecule has 0 aromatic heterocycles. The molecule has 0 aliphatic heterocycles. The summed E-state index contributed by atoms with van der Waals surface area (Å²) < 4.78 is 31.6. The molecule has 0 aromatic rings. The third-order valence-electron chi connectivity index (χ3n) is 3.80. The average Bonchev–Trinajstić information content (AvgIpc) is 2.42. The Bertz CT molecular complexity index is 296. The summed E-state index contributed by atoms with van der Waals surface area (Å²) in [5.41, 5.74) is 0. The Labute approximate surface area is 137 Å². The molecular formula is C16H36O5S. The van der Waals surface area contributed by atoms with Crippen LogP contribution in [0, 0.1) is 5.92 Å². The van der Waals surface area contributed by atoms with Crippen LogP contribution in [0.5, 0.6) is 0 Å². The van der Waals surface area contributed by atoms with Crippen LogP contribution in [0.1, 0.15) is 90.9 Å².